The fourth-order valence-corrected chi connectivity index (χ4v) is 4.58. The molecule has 1 N–H and O–H groups in total. The average molecular weight is 391 g/mol. The summed E-state index contributed by atoms with van der Waals surface area (Å²) in [5.74, 6) is 0. The monoisotopic (exact) mass is 389 g/mol. The van der Waals surface area contributed by atoms with E-state index >= 15 is 0 Å². The fraction of sp³-hybridized carbons (Fsp3) is 0.533. The van der Waals surface area contributed by atoms with Crippen molar-refractivity contribution >= 4 is 38.9 Å². The number of halogens is 2. The highest BCUT2D eigenvalue weighted by molar-refractivity contribution is 9.10. The summed E-state index contributed by atoms with van der Waals surface area (Å²) < 4.78 is 3.22. The predicted molar refractivity (Wildman–Crippen MR) is 94.5 cm³/mol. The maximum atomic E-state index is 6.43. The summed E-state index contributed by atoms with van der Waals surface area (Å²) in [4.78, 5) is 1.20. The van der Waals surface area contributed by atoms with Gasteiger partial charge in [0.15, 0.2) is 0 Å². The van der Waals surface area contributed by atoms with Crippen LogP contribution in [0.25, 0.3) is 0 Å². The molecule has 0 aliphatic carbocycles. The Balaban J connectivity index is 2.35. The van der Waals surface area contributed by atoms with Gasteiger partial charge in [0, 0.05) is 23.9 Å². The van der Waals surface area contributed by atoms with Crippen LogP contribution in [0.15, 0.2) is 9.85 Å². The molecular formula is C15H21BrClN3S. The summed E-state index contributed by atoms with van der Waals surface area (Å²) in [6, 6.07) is 0.208. The minimum Gasteiger partial charge on any atom is -0.312 e. The van der Waals surface area contributed by atoms with Crippen LogP contribution >= 0.6 is 38.9 Å². The molecule has 21 heavy (non-hydrogen) atoms. The third-order valence-electron chi connectivity index (χ3n) is 3.68. The van der Waals surface area contributed by atoms with Gasteiger partial charge in [-0.05, 0) is 54.2 Å². The molecule has 0 saturated heterocycles. The van der Waals surface area contributed by atoms with E-state index in [1.54, 1.807) is 11.3 Å². The molecule has 0 amide bonds. The first-order valence-electron chi connectivity index (χ1n) is 7.18. The Morgan fingerprint density at radius 3 is 2.67 bits per heavy atom. The highest BCUT2D eigenvalue weighted by Crippen LogP contribution is 2.35. The molecule has 1 unspecified atom stereocenters. The van der Waals surface area contributed by atoms with Gasteiger partial charge in [-0.3, -0.25) is 4.68 Å². The lowest BCUT2D eigenvalue weighted by atomic mass is 10.1. The summed E-state index contributed by atoms with van der Waals surface area (Å²) in [5, 5.41) is 11.1. The van der Waals surface area contributed by atoms with Gasteiger partial charge in [-0.25, -0.2) is 0 Å². The third-order valence-corrected chi connectivity index (χ3v) is 6.42. The number of thiophene rings is 1. The Labute approximate surface area is 143 Å². The van der Waals surface area contributed by atoms with Crippen molar-refractivity contribution in [3.63, 3.8) is 0 Å². The Morgan fingerprint density at radius 1 is 1.48 bits per heavy atom. The second kappa shape index (κ2) is 7.27. The Morgan fingerprint density at radius 2 is 2.19 bits per heavy atom. The van der Waals surface area contributed by atoms with E-state index in [4.69, 9.17) is 11.6 Å². The van der Waals surface area contributed by atoms with Crippen molar-refractivity contribution in [2.75, 3.05) is 7.05 Å². The Kier molecular flexibility index (Phi) is 5.88. The van der Waals surface area contributed by atoms with Gasteiger partial charge in [0.05, 0.1) is 20.9 Å². The fourth-order valence-electron chi connectivity index (χ4n) is 2.42. The van der Waals surface area contributed by atoms with Crippen LogP contribution in [0.3, 0.4) is 0 Å². The average Bonchev–Trinajstić information content (AvgIpc) is 2.98. The van der Waals surface area contributed by atoms with Crippen molar-refractivity contribution in [1.29, 1.82) is 0 Å². The molecule has 2 aromatic rings. The van der Waals surface area contributed by atoms with Crippen LogP contribution in [-0.2, 0) is 19.4 Å². The van der Waals surface area contributed by atoms with Crippen molar-refractivity contribution in [1.82, 2.24) is 15.1 Å². The molecule has 3 nitrogen and oxygen atoms in total. The van der Waals surface area contributed by atoms with E-state index in [0.717, 1.165) is 40.1 Å². The van der Waals surface area contributed by atoms with Gasteiger partial charge in [-0.15, -0.1) is 11.3 Å². The first-order chi connectivity index (χ1) is 10.0. The summed E-state index contributed by atoms with van der Waals surface area (Å²) in [6.45, 7) is 7.18. The molecule has 0 saturated carbocycles. The highest BCUT2D eigenvalue weighted by Gasteiger charge is 2.22. The largest absolute Gasteiger partial charge is 0.312 e. The first-order valence-corrected chi connectivity index (χ1v) is 9.23. The molecule has 0 bridgehead atoms. The van der Waals surface area contributed by atoms with Gasteiger partial charge in [0.2, 0.25) is 0 Å². The van der Waals surface area contributed by atoms with Crippen molar-refractivity contribution in [2.45, 2.75) is 46.2 Å². The molecule has 0 aromatic carbocycles. The number of nitrogens with one attached hydrogen (secondary N) is 1. The van der Waals surface area contributed by atoms with Gasteiger partial charge < -0.3 is 5.32 Å². The SMILES string of the molecule is CCc1nn(CC)c(CC(NC)c2scc(C)c2Cl)c1Br. The standard InChI is InChI=1S/C15H21BrClN3S/c1-5-10-13(16)12(20(6-2)19-10)7-11(18-4)15-14(17)9(3)8-21-15/h8,11,18H,5-7H2,1-4H3. The van der Waals surface area contributed by atoms with E-state index in [1.165, 1.54) is 10.6 Å². The van der Waals surface area contributed by atoms with Gasteiger partial charge >= 0.3 is 0 Å². The molecule has 0 aliphatic heterocycles. The van der Waals surface area contributed by atoms with Gasteiger partial charge in [0.25, 0.3) is 0 Å². The van der Waals surface area contributed by atoms with Crippen LogP contribution in [0.2, 0.25) is 5.02 Å². The van der Waals surface area contributed by atoms with Crippen LogP contribution in [0, 0.1) is 6.92 Å². The minimum atomic E-state index is 0.208. The lowest BCUT2D eigenvalue weighted by Gasteiger charge is -2.16. The molecule has 2 heterocycles. The molecule has 0 aliphatic rings. The number of nitrogens with zero attached hydrogens (tertiary/aromatic N) is 2. The molecule has 2 aromatic heterocycles. The number of hydrogen-bond acceptors (Lipinski definition) is 3. The predicted octanol–water partition coefficient (Wildman–Crippen LogP) is 4.75. The molecule has 116 valence electrons. The van der Waals surface area contributed by atoms with Gasteiger partial charge in [-0.1, -0.05) is 18.5 Å². The first kappa shape index (κ1) is 17.0. The minimum absolute atomic E-state index is 0.208. The van der Waals surface area contributed by atoms with E-state index in [0.29, 0.717) is 0 Å². The highest BCUT2D eigenvalue weighted by atomic mass is 79.9. The van der Waals surface area contributed by atoms with Gasteiger partial charge in [0.1, 0.15) is 0 Å². The van der Waals surface area contributed by atoms with Crippen LogP contribution < -0.4 is 5.32 Å². The zero-order valence-electron chi connectivity index (χ0n) is 12.8. The maximum absolute atomic E-state index is 6.43. The lowest BCUT2D eigenvalue weighted by Crippen LogP contribution is -2.20. The van der Waals surface area contributed by atoms with Crippen molar-refractivity contribution in [3.8, 4) is 0 Å². The lowest BCUT2D eigenvalue weighted by molar-refractivity contribution is 0.545. The van der Waals surface area contributed by atoms with E-state index in [1.807, 2.05) is 7.05 Å². The van der Waals surface area contributed by atoms with Crippen LogP contribution in [0.1, 0.15) is 41.7 Å². The van der Waals surface area contributed by atoms with Crippen molar-refractivity contribution < 1.29 is 0 Å². The number of rotatable bonds is 6. The number of hydrogen-bond donors (Lipinski definition) is 1. The molecule has 6 heteroatoms. The topological polar surface area (TPSA) is 29.9 Å². The van der Waals surface area contributed by atoms with Crippen molar-refractivity contribution in [3.05, 3.63) is 36.7 Å². The molecule has 0 spiro atoms. The van der Waals surface area contributed by atoms with E-state index in [2.05, 4.69) is 57.2 Å². The summed E-state index contributed by atoms with van der Waals surface area (Å²) in [6.07, 6.45) is 1.81. The molecule has 2 rings (SSSR count). The molecule has 0 radical (unpaired) electrons. The van der Waals surface area contributed by atoms with Crippen LogP contribution in [0.4, 0.5) is 0 Å². The van der Waals surface area contributed by atoms with Crippen molar-refractivity contribution in [2.24, 2.45) is 0 Å². The van der Waals surface area contributed by atoms with E-state index in [9.17, 15) is 0 Å². The van der Waals surface area contributed by atoms with Crippen LogP contribution in [-0.4, -0.2) is 16.8 Å². The maximum Gasteiger partial charge on any atom is 0.0766 e. The molecular weight excluding hydrogens is 370 g/mol. The Hall–Kier alpha value is -0.360. The summed E-state index contributed by atoms with van der Waals surface area (Å²) in [5.41, 5.74) is 3.50. The summed E-state index contributed by atoms with van der Waals surface area (Å²) >= 11 is 11.9. The molecule has 1 atom stereocenters. The van der Waals surface area contributed by atoms with Gasteiger partial charge in [-0.2, -0.15) is 5.10 Å². The van der Waals surface area contributed by atoms with E-state index < -0.39 is 0 Å². The zero-order chi connectivity index (χ0) is 15.6. The van der Waals surface area contributed by atoms with Crippen LogP contribution in [0.5, 0.6) is 0 Å². The smallest absolute Gasteiger partial charge is 0.0766 e. The number of aryl methyl sites for hydroxylation is 3. The molecule has 0 fully saturated rings. The van der Waals surface area contributed by atoms with E-state index in [-0.39, 0.29) is 6.04 Å². The quantitative estimate of drug-likeness (QED) is 0.771. The normalized spacial score (nSPS) is 12.9. The zero-order valence-corrected chi connectivity index (χ0v) is 16.0. The summed E-state index contributed by atoms with van der Waals surface area (Å²) in [7, 11) is 1.98. The number of aromatic nitrogens is 2. The second-order valence-corrected chi connectivity index (χ2v) is 7.10. The number of likely N-dealkylation sites (N-methyl/N-ethyl adjacent to an activating group) is 1. The third kappa shape index (κ3) is 3.36. The Bertz CT molecular complexity index is 621. The second-order valence-electron chi connectivity index (χ2n) is 5.02.